The van der Waals surface area contributed by atoms with Gasteiger partial charge >= 0.3 is 5.97 Å². The highest BCUT2D eigenvalue weighted by atomic mass is 16.5. The van der Waals surface area contributed by atoms with Crippen molar-refractivity contribution in [1.82, 2.24) is 20.0 Å². The van der Waals surface area contributed by atoms with Crippen LogP contribution < -0.4 is 4.74 Å². The molecule has 6 aromatic rings. The minimum atomic E-state index is -0.467. The molecule has 0 atom stereocenters. The van der Waals surface area contributed by atoms with Crippen molar-refractivity contribution in [2.45, 2.75) is 20.8 Å². The molecule has 0 unspecified atom stereocenters. The monoisotopic (exact) mass is 484 g/mol. The van der Waals surface area contributed by atoms with E-state index in [9.17, 15) is 4.79 Å². The second-order valence-electron chi connectivity index (χ2n) is 9.21. The van der Waals surface area contributed by atoms with Gasteiger partial charge in [0, 0.05) is 10.9 Å². The quantitative estimate of drug-likeness (QED) is 0.204. The summed E-state index contributed by atoms with van der Waals surface area (Å²) in [6, 6.07) is 28.8. The van der Waals surface area contributed by atoms with E-state index in [1.165, 1.54) is 15.9 Å². The van der Waals surface area contributed by atoms with E-state index in [2.05, 4.69) is 36.2 Å². The number of esters is 1. The summed E-state index contributed by atoms with van der Waals surface area (Å²) in [5.74, 6) is -0.0879. The first-order valence-corrected chi connectivity index (χ1v) is 12.1. The number of hydrogen-bond acceptors (Lipinski definition) is 5. The van der Waals surface area contributed by atoms with Crippen molar-refractivity contribution >= 4 is 27.9 Å². The number of para-hydroxylation sites is 1. The van der Waals surface area contributed by atoms with Crippen molar-refractivity contribution < 1.29 is 9.53 Å². The topological polar surface area (TPSA) is 69.9 Å². The summed E-state index contributed by atoms with van der Waals surface area (Å²) in [5, 5.41) is 9.91. The molecule has 4 aromatic carbocycles. The molecule has 0 saturated carbocycles. The Kier molecular flexibility index (Phi) is 5.49. The Balaban J connectivity index is 1.44. The van der Waals surface area contributed by atoms with Gasteiger partial charge in [-0.1, -0.05) is 48.5 Å². The van der Waals surface area contributed by atoms with Crippen molar-refractivity contribution in [2.24, 2.45) is 0 Å². The predicted molar refractivity (Wildman–Crippen MR) is 145 cm³/mol. The molecule has 0 spiro atoms. The molecule has 0 aliphatic heterocycles. The van der Waals surface area contributed by atoms with Crippen molar-refractivity contribution in [3.8, 4) is 22.7 Å². The highest BCUT2D eigenvalue weighted by Gasteiger charge is 2.19. The molecule has 0 amide bonds. The van der Waals surface area contributed by atoms with Crippen LogP contribution in [-0.4, -0.2) is 25.9 Å². The third kappa shape index (κ3) is 4.23. The summed E-state index contributed by atoms with van der Waals surface area (Å²) in [7, 11) is 0. The van der Waals surface area contributed by atoms with Crippen LogP contribution in [0.25, 0.3) is 38.9 Å². The number of pyridine rings is 1. The Hall–Kier alpha value is -4.84. The van der Waals surface area contributed by atoms with E-state index in [4.69, 9.17) is 9.72 Å². The van der Waals surface area contributed by atoms with Crippen LogP contribution in [0.4, 0.5) is 0 Å². The highest BCUT2D eigenvalue weighted by Crippen LogP contribution is 2.29. The Morgan fingerprint density at radius 1 is 0.730 bits per heavy atom. The van der Waals surface area contributed by atoms with E-state index < -0.39 is 5.97 Å². The average molecular weight is 485 g/mol. The van der Waals surface area contributed by atoms with Crippen LogP contribution in [0.2, 0.25) is 0 Å². The number of aromatic nitrogens is 4. The number of ether oxygens (including phenoxy) is 1. The van der Waals surface area contributed by atoms with Gasteiger partial charge in [-0.2, -0.15) is 0 Å². The van der Waals surface area contributed by atoms with Gasteiger partial charge in [0.2, 0.25) is 0 Å². The van der Waals surface area contributed by atoms with Crippen LogP contribution in [0.15, 0.2) is 91.0 Å². The molecule has 0 fully saturated rings. The molecule has 2 heterocycles. The third-order valence-electron chi connectivity index (χ3n) is 6.56. The molecule has 6 rings (SSSR count). The van der Waals surface area contributed by atoms with Gasteiger partial charge in [0.15, 0.2) is 5.75 Å². The van der Waals surface area contributed by atoms with Crippen molar-refractivity contribution in [2.75, 3.05) is 0 Å². The fourth-order valence-corrected chi connectivity index (χ4v) is 4.39. The molecule has 180 valence electrons. The minimum Gasteiger partial charge on any atom is -0.421 e. The van der Waals surface area contributed by atoms with Crippen LogP contribution in [0, 0.1) is 20.8 Å². The predicted octanol–water partition coefficient (Wildman–Crippen LogP) is 6.78. The standard InChI is InChI=1S/C31H24N4O2/c1-19-12-15-30(29(16-19)35-33-26-10-6-7-11-27(26)34-35)37-31(36)24-18-28(22-14-13-20(2)21(3)17-22)32-25-9-5-4-8-23(24)25/h4-18H,1-3H3. The number of carbonyl (C=O) groups excluding carboxylic acids is 1. The van der Waals surface area contributed by atoms with Crippen LogP contribution >= 0.6 is 0 Å². The van der Waals surface area contributed by atoms with Gasteiger partial charge < -0.3 is 4.74 Å². The summed E-state index contributed by atoms with van der Waals surface area (Å²) < 4.78 is 6.01. The van der Waals surface area contributed by atoms with Gasteiger partial charge in [-0.05, 0) is 79.9 Å². The Morgan fingerprint density at radius 3 is 2.16 bits per heavy atom. The van der Waals surface area contributed by atoms with Crippen LogP contribution in [0.5, 0.6) is 5.75 Å². The highest BCUT2D eigenvalue weighted by molar-refractivity contribution is 6.05. The Bertz CT molecular complexity index is 1790. The van der Waals surface area contributed by atoms with E-state index in [-0.39, 0.29) is 0 Å². The first-order chi connectivity index (χ1) is 18.0. The maximum Gasteiger partial charge on any atom is 0.344 e. The number of aryl methyl sites for hydroxylation is 3. The van der Waals surface area contributed by atoms with Crippen molar-refractivity contribution in [1.29, 1.82) is 0 Å². The molecule has 0 aliphatic rings. The molecule has 0 aliphatic carbocycles. The lowest BCUT2D eigenvalue weighted by Gasteiger charge is -2.13. The number of hydrogen-bond donors (Lipinski definition) is 0. The second-order valence-corrected chi connectivity index (χ2v) is 9.21. The van der Waals surface area contributed by atoms with Gasteiger partial charge in [0.1, 0.15) is 16.7 Å². The molecule has 6 heteroatoms. The molecule has 0 N–H and O–H groups in total. The zero-order chi connectivity index (χ0) is 25.5. The number of carbonyl (C=O) groups is 1. The Morgan fingerprint density at radius 2 is 1.43 bits per heavy atom. The summed E-state index contributed by atoms with van der Waals surface area (Å²) in [6.07, 6.45) is 0. The SMILES string of the molecule is Cc1ccc(OC(=O)c2cc(-c3ccc(C)c(C)c3)nc3ccccc23)c(-n2nc3ccccc3n2)c1. The zero-order valence-corrected chi connectivity index (χ0v) is 20.8. The zero-order valence-electron chi connectivity index (χ0n) is 20.8. The van der Waals surface area contributed by atoms with E-state index in [0.717, 1.165) is 38.8 Å². The maximum absolute atomic E-state index is 13.7. The van der Waals surface area contributed by atoms with Gasteiger partial charge in [0.25, 0.3) is 0 Å². The Labute approximate surface area is 214 Å². The molecule has 0 saturated heterocycles. The lowest BCUT2D eigenvalue weighted by molar-refractivity contribution is 0.0736. The van der Waals surface area contributed by atoms with Crippen LogP contribution in [0.1, 0.15) is 27.0 Å². The van der Waals surface area contributed by atoms with Crippen molar-refractivity contribution in [3.05, 3.63) is 113 Å². The second kappa shape index (κ2) is 8.99. The normalized spacial score (nSPS) is 11.2. The lowest BCUT2D eigenvalue weighted by Crippen LogP contribution is -2.12. The molecular formula is C31H24N4O2. The lowest BCUT2D eigenvalue weighted by atomic mass is 10.0. The molecular weight excluding hydrogens is 460 g/mol. The molecule has 37 heavy (non-hydrogen) atoms. The first-order valence-electron chi connectivity index (χ1n) is 12.1. The number of benzene rings is 4. The minimum absolute atomic E-state index is 0.379. The average Bonchev–Trinajstić information content (AvgIpc) is 3.35. The van der Waals surface area contributed by atoms with Gasteiger partial charge in [-0.3, -0.25) is 0 Å². The number of nitrogens with zero attached hydrogens (tertiary/aromatic N) is 4. The van der Waals surface area contributed by atoms with Gasteiger partial charge in [0.05, 0.1) is 16.8 Å². The van der Waals surface area contributed by atoms with E-state index in [1.54, 1.807) is 6.07 Å². The van der Waals surface area contributed by atoms with Crippen LogP contribution in [-0.2, 0) is 0 Å². The fourth-order valence-electron chi connectivity index (χ4n) is 4.39. The largest absolute Gasteiger partial charge is 0.421 e. The molecule has 2 aromatic heterocycles. The first kappa shape index (κ1) is 22.6. The van der Waals surface area contributed by atoms with E-state index in [0.29, 0.717) is 17.0 Å². The van der Waals surface area contributed by atoms with Gasteiger partial charge in [-0.25, -0.2) is 9.78 Å². The third-order valence-corrected chi connectivity index (χ3v) is 6.56. The summed E-state index contributed by atoms with van der Waals surface area (Å²) in [6.45, 7) is 6.12. The fraction of sp³-hybridized carbons (Fsp3) is 0.0968. The smallest absolute Gasteiger partial charge is 0.344 e. The molecule has 0 radical (unpaired) electrons. The van der Waals surface area contributed by atoms with Gasteiger partial charge in [-0.15, -0.1) is 15.0 Å². The van der Waals surface area contributed by atoms with E-state index in [1.807, 2.05) is 79.7 Å². The molecule has 0 bridgehead atoms. The summed E-state index contributed by atoms with van der Waals surface area (Å²) >= 11 is 0. The van der Waals surface area contributed by atoms with Crippen LogP contribution in [0.3, 0.4) is 0 Å². The summed E-state index contributed by atoms with van der Waals surface area (Å²) in [4.78, 5) is 20.0. The number of rotatable bonds is 4. The number of fused-ring (bicyclic) bond motifs is 2. The van der Waals surface area contributed by atoms with E-state index >= 15 is 0 Å². The maximum atomic E-state index is 13.7. The van der Waals surface area contributed by atoms with Crippen molar-refractivity contribution in [3.63, 3.8) is 0 Å². The molecule has 6 nitrogen and oxygen atoms in total. The summed E-state index contributed by atoms with van der Waals surface area (Å²) in [5.41, 5.74) is 8.34.